The average molecular weight is 303 g/mol. The number of rotatable bonds is 3. The third-order valence-corrected chi connectivity index (χ3v) is 3.19. The van der Waals surface area contributed by atoms with Gasteiger partial charge in [0.1, 0.15) is 6.07 Å². The molecule has 2 rings (SSSR count). The molecule has 1 saturated heterocycles. The number of esters is 1. The molecule has 116 valence electrons. The highest BCUT2D eigenvalue weighted by Gasteiger charge is 2.23. The van der Waals surface area contributed by atoms with Crippen molar-refractivity contribution in [1.29, 1.82) is 5.26 Å². The molecule has 0 aromatic heterocycles. The first kappa shape index (κ1) is 15.9. The lowest BCUT2D eigenvalue weighted by molar-refractivity contribution is -0.152. The van der Waals surface area contributed by atoms with E-state index in [0.717, 1.165) is 6.54 Å². The van der Waals surface area contributed by atoms with E-state index >= 15 is 0 Å². The number of amides is 1. The first-order valence-electron chi connectivity index (χ1n) is 7.00. The van der Waals surface area contributed by atoms with E-state index in [4.69, 9.17) is 4.74 Å². The Morgan fingerprint density at radius 2 is 2.36 bits per heavy atom. The minimum atomic E-state index is -0.979. The van der Waals surface area contributed by atoms with Gasteiger partial charge in [-0.15, -0.1) is 0 Å². The lowest BCUT2D eigenvalue weighted by Gasteiger charge is -2.25. The second-order valence-electron chi connectivity index (χ2n) is 4.62. The number of anilines is 1. The molecule has 1 amide bonds. The number of carbonyl (C=O) groups excluding carboxylic acids is 2. The third-order valence-electron chi connectivity index (χ3n) is 3.19. The monoisotopic (exact) mass is 303 g/mol. The van der Waals surface area contributed by atoms with Crippen LogP contribution >= 0.6 is 0 Å². The number of nitriles is 1. The van der Waals surface area contributed by atoms with Crippen LogP contribution in [-0.4, -0.2) is 38.2 Å². The molecule has 0 saturated carbocycles. The van der Waals surface area contributed by atoms with Gasteiger partial charge in [0.2, 0.25) is 0 Å². The van der Waals surface area contributed by atoms with Crippen LogP contribution in [0.25, 0.3) is 0 Å². The number of morpholine rings is 1. The fourth-order valence-electron chi connectivity index (χ4n) is 2.20. The Hall–Kier alpha value is -2.43. The number of hydrogen-bond acceptors (Lipinski definition) is 6. The van der Waals surface area contributed by atoms with Crippen molar-refractivity contribution >= 4 is 17.6 Å². The fourth-order valence-corrected chi connectivity index (χ4v) is 2.20. The van der Waals surface area contributed by atoms with Gasteiger partial charge in [0.05, 0.1) is 30.6 Å². The number of ether oxygens (including phenoxy) is 2. The van der Waals surface area contributed by atoms with E-state index in [1.54, 1.807) is 25.1 Å². The summed E-state index contributed by atoms with van der Waals surface area (Å²) < 4.78 is 10.3. The van der Waals surface area contributed by atoms with Gasteiger partial charge in [-0.1, -0.05) is 12.1 Å². The summed E-state index contributed by atoms with van der Waals surface area (Å²) >= 11 is 0. The molecule has 1 heterocycles. The lowest BCUT2D eigenvalue weighted by atomic mass is 10.0. The number of carbonyl (C=O) groups is 2. The van der Waals surface area contributed by atoms with Crippen molar-refractivity contribution in [2.75, 3.05) is 31.6 Å². The molecule has 2 N–H and O–H groups in total. The van der Waals surface area contributed by atoms with Gasteiger partial charge in [-0.3, -0.25) is 4.79 Å². The maximum atomic E-state index is 11.7. The number of nitrogens with zero attached hydrogens (tertiary/aromatic N) is 1. The van der Waals surface area contributed by atoms with Crippen LogP contribution in [0, 0.1) is 11.3 Å². The van der Waals surface area contributed by atoms with Crippen LogP contribution in [0.4, 0.5) is 5.69 Å². The third kappa shape index (κ3) is 3.61. The SMILES string of the molecule is CCOC(=O)C(=O)Nc1cccc(C2CNCCO2)c1C#N. The van der Waals surface area contributed by atoms with Gasteiger partial charge < -0.3 is 20.1 Å². The summed E-state index contributed by atoms with van der Waals surface area (Å²) in [6.45, 7) is 3.62. The van der Waals surface area contributed by atoms with Crippen molar-refractivity contribution in [3.63, 3.8) is 0 Å². The zero-order valence-electron chi connectivity index (χ0n) is 12.2. The highest BCUT2D eigenvalue weighted by atomic mass is 16.5. The number of nitrogens with one attached hydrogen (secondary N) is 2. The normalized spacial score (nSPS) is 17.4. The van der Waals surface area contributed by atoms with E-state index in [0.29, 0.717) is 18.7 Å². The summed E-state index contributed by atoms with van der Waals surface area (Å²) in [5, 5.41) is 15.0. The van der Waals surface area contributed by atoms with E-state index in [2.05, 4.69) is 21.4 Å². The summed E-state index contributed by atoms with van der Waals surface area (Å²) in [5.41, 5.74) is 1.23. The molecule has 1 aromatic carbocycles. The maximum Gasteiger partial charge on any atom is 0.397 e. The van der Waals surface area contributed by atoms with Crippen LogP contribution in [0.2, 0.25) is 0 Å². The zero-order valence-corrected chi connectivity index (χ0v) is 12.2. The lowest BCUT2D eigenvalue weighted by Crippen LogP contribution is -2.34. The van der Waals surface area contributed by atoms with Crippen molar-refractivity contribution in [3.8, 4) is 6.07 Å². The standard InChI is InChI=1S/C15H17N3O4/c1-2-21-15(20)14(19)18-12-5-3-4-10(11(12)8-16)13-9-17-6-7-22-13/h3-5,13,17H,2,6-7,9H2,1H3,(H,18,19). The fraction of sp³-hybridized carbons (Fsp3) is 0.400. The van der Waals surface area contributed by atoms with Gasteiger partial charge in [-0.2, -0.15) is 5.26 Å². The topological polar surface area (TPSA) is 100 Å². The number of hydrogen-bond donors (Lipinski definition) is 2. The van der Waals surface area contributed by atoms with Crippen LogP contribution in [0.1, 0.15) is 24.2 Å². The molecule has 7 nitrogen and oxygen atoms in total. The van der Waals surface area contributed by atoms with E-state index in [1.807, 2.05) is 0 Å². The second-order valence-corrected chi connectivity index (χ2v) is 4.62. The van der Waals surface area contributed by atoms with Gasteiger partial charge in [0, 0.05) is 18.7 Å². The van der Waals surface area contributed by atoms with Crippen molar-refractivity contribution in [2.45, 2.75) is 13.0 Å². The van der Waals surface area contributed by atoms with Gasteiger partial charge in [-0.25, -0.2) is 4.79 Å². The van der Waals surface area contributed by atoms with Gasteiger partial charge >= 0.3 is 11.9 Å². The minimum Gasteiger partial charge on any atom is -0.459 e. The quantitative estimate of drug-likeness (QED) is 0.630. The molecule has 0 bridgehead atoms. The molecule has 7 heteroatoms. The Morgan fingerprint density at radius 1 is 1.55 bits per heavy atom. The van der Waals surface area contributed by atoms with Crippen LogP contribution in [0.3, 0.4) is 0 Å². The Labute approximate surface area is 128 Å². The van der Waals surface area contributed by atoms with E-state index in [9.17, 15) is 14.9 Å². The molecule has 0 aliphatic carbocycles. The first-order valence-corrected chi connectivity index (χ1v) is 7.00. The number of benzene rings is 1. The van der Waals surface area contributed by atoms with E-state index < -0.39 is 11.9 Å². The van der Waals surface area contributed by atoms with E-state index in [-0.39, 0.29) is 24.0 Å². The van der Waals surface area contributed by atoms with Gasteiger partial charge in [-0.05, 0) is 13.0 Å². The molecule has 1 fully saturated rings. The molecule has 0 spiro atoms. The maximum absolute atomic E-state index is 11.7. The van der Waals surface area contributed by atoms with Crippen LogP contribution < -0.4 is 10.6 Å². The van der Waals surface area contributed by atoms with Gasteiger partial charge in [0.25, 0.3) is 0 Å². The van der Waals surface area contributed by atoms with E-state index in [1.165, 1.54) is 0 Å². The molecule has 1 aliphatic heterocycles. The summed E-state index contributed by atoms with van der Waals surface area (Å²) in [6.07, 6.45) is -0.261. The van der Waals surface area contributed by atoms with Crippen molar-refractivity contribution in [2.24, 2.45) is 0 Å². The largest absolute Gasteiger partial charge is 0.459 e. The highest BCUT2D eigenvalue weighted by molar-refractivity contribution is 6.37. The smallest absolute Gasteiger partial charge is 0.397 e. The summed E-state index contributed by atoms with van der Waals surface area (Å²) in [4.78, 5) is 23.1. The van der Waals surface area contributed by atoms with Crippen molar-refractivity contribution in [1.82, 2.24) is 5.32 Å². The van der Waals surface area contributed by atoms with Crippen molar-refractivity contribution in [3.05, 3.63) is 29.3 Å². The first-order chi connectivity index (χ1) is 10.7. The average Bonchev–Trinajstić information content (AvgIpc) is 2.55. The predicted octanol–water partition coefficient (Wildman–Crippen LogP) is 0.721. The van der Waals surface area contributed by atoms with Gasteiger partial charge in [0.15, 0.2) is 0 Å². The Morgan fingerprint density at radius 3 is 3.00 bits per heavy atom. The molecular weight excluding hydrogens is 286 g/mol. The Balaban J connectivity index is 2.23. The van der Waals surface area contributed by atoms with Crippen molar-refractivity contribution < 1.29 is 19.1 Å². The summed E-state index contributed by atoms with van der Waals surface area (Å²) in [7, 11) is 0. The molecule has 22 heavy (non-hydrogen) atoms. The van der Waals surface area contributed by atoms with Crippen LogP contribution in [0.5, 0.6) is 0 Å². The summed E-state index contributed by atoms with van der Waals surface area (Å²) in [5.74, 6) is -1.88. The zero-order chi connectivity index (χ0) is 15.9. The van der Waals surface area contributed by atoms with Crippen LogP contribution in [-0.2, 0) is 19.1 Å². The second kappa shape index (κ2) is 7.54. The predicted molar refractivity (Wildman–Crippen MR) is 78.0 cm³/mol. The molecule has 1 aliphatic rings. The summed E-state index contributed by atoms with van der Waals surface area (Å²) in [6, 6.07) is 7.11. The molecule has 1 atom stereocenters. The molecule has 1 aromatic rings. The van der Waals surface area contributed by atoms with Crippen LogP contribution in [0.15, 0.2) is 18.2 Å². The Kier molecular flexibility index (Phi) is 5.47. The Bertz CT molecular complexity index is 603. The molecular formula is C15H17N3O4. The minimum absolute atomic E-state index is 0.110. The molecule has 0 radical (unpaired) electrons. The highest BCUT2D eigenvalue weighted by Crippen LogP contribution is 2.27. The molecule has 1 unspecified atom stereocenters.